The Bertz CT molecular complexity index is 951. The molecular weight excluding hydrogens is 347 g/mol. The standard InChI is InChI=1S/C19H19FN6O/c1-14-4-5-17(26-12-22-23-13-26)15(11-14)19(27)25-9-7-24(8-10-25)18-16(20)3-2-6-21-18/h2-6,11-13H,7-10H2,1H3. The molecule has 8 heteroatoms. The van der Waals surface area contributed by atoms with Crippen LogP contribution in [0.5, 0.6) is 0 Å². The maximum atomic E-state index is 13.9. The van der Waals surface area contributed by atoms with E-state index in [2.05, 4.69) is 15.2 Å². The lowest BCUT2D eigenvalue weighted by molar-refractivity contribution is 0.0746. The van der Waals surface area contributed by atoms with Crippen molar-refractivity contribution in [1.82, 2.24) is 24.6 Å². The molecule has 0 unspecified atom stereocenters. The highest BCUT2D eigenvalue weighted by atomic mass is 19.1. The van der Waals surface area contributed by atoms with Crippen molar-refractivity contribution in [3.63, 3.8) is 0 Å². The molecule has 3 aromatic rings. The Morgan fingerprint density at radius 1 is 1.07 bits per heavy atom. The van der Waals surface area contributed by atoms with Gasteiger partial charge in [-0.3, -0.25) is 9.36 Å². The summed E-state index contributed by atoms with van der Waals surface area (Å²) < 4.78 is 15.7. The minimum atomic E-state index is -0.342. The first-order valence-electron chi connectivity index (χ1n) is 8.74. The normalized spacial score (nSPS) is 14.4. The van der Waals surface area contributed by atoms with Crippen molar-refractivity contribution in [3.05, 3.63) is 66.1 Å². The van der Waals surface area contributed by atoms with E-state index >= 15 is 0 Å². The number of benzene rings is 1. The van der Waals surface area contributed by atoms with E-state index in [9.17, 15) is 9.18 Å². The molecule has 0 saturated carbocycles. The van der Waals surface area contributed by atoms with Gasteiger partial charge in [-0.2, -0.15) is 0 Å². The number of hydrogen-bond acceptors (Lipinski definition) is 5. The lowest BCUT2D eigenvalue weighted by Crippen LogP contribution is -2.49. The predicted molar refractivity (Wildman–Crippen MR) is 98.4 cm³/mol. The van der Waals surface area contributed by atoms with Crippen molar-refractivity contribution >= 4 is 11.7 Å². The van der Waals surface area contributed by atoms with Gasteiger partial charge < -0.3 is 9.80 Å². The number of carbonyl (C=O) groups is 1. The van der Waals surface area contributed by atoms with Crippen molar-refractivity contribution in [2.75, 3.05) is 31.1 Å². The Balaban J connectivity index is 1.54. The van der Waals surface area contributed by atoms with E-state index in [4.69, 9.17) is 0 Å². The van der Waals surface area contributed by atoms with Gasteiger partial charge in [0.2, 0.25) is 0 Å². The zero-order valence-electron chi connectivity index (χ0n) is 14.9. The van der Waals surface area contributed by atoms with Gasteiger partial charge in [0.1, 0.15) is 12.7 Å². The maximum absolute atomic E-state index is 13.9. The third-order valence-electron chi connectivity index (χ3n) is 4.68. The monoisotopic (exact) mass is 366 g/mol. The van der Waals surface area contributed by atoms with E-state index < -0.39 is 0 Å². The van der Waals surface area contributed by atoms with Crippen LogP contribution < -0.4 is 4.90 Å². The molecule has 7 nitrogen and oxygen atoms in total. The number of anilines is 1. The maximum Gasteiger partial charge on any atom is 0.256 e. The molecule has 0 atom stereocenters. The lowest BCUT2D eigenvalue weighted by atomic mass is 10.1. The van der Waals surface area contributed by atoms with E-state index in [1.807, 2.05) is 30.0 Å². The number of aryl methyl sites for hydroxylation is 1. The molecule has 0 radical (unpaired) electrons. The molecule has 4 rings (SSSR count). The predicted octanol–water partition coefficient (Wildman–Crippen LogP) is 2.07. The molecule has 0 aliphatic carbocycles. The first-order valence-corrected chi connectivity index (χ1v) is 8.74. The van der Waals surface area contributed by atoms with Crippen LogP contribution in [0.2, 0.25) is 0 Å². The van der Waals surface area contributed by atoms with Crippen molar-refractivity contribution in [2.45, 2.75) is 6.92 Å². The van der Waals surface area contributed by atoms with Crippen LogP contribution in [0.15, 0.2) is 49.2 Å². The number of nitrogens with zero attached hydrogens (tertiary/aromatic N) is 6. The summed E-state index contributed by atoms with van der Waals surface area (Å²) in [6.45, 7) is 4.03. The summed E-state index contributed by atoms with van der Waals surface area (Å²) in [6, 6.07) is 8.70. The zero-order valence-corrected chi connectivity index (χ0v) is 14.9. The fourth-order valence-corrected chi connectivity index (χ4v) is 3.27. The number of rotatable bonds is 3. The second-order valence-electron chi connectivity index (χ2n) is 6.48. The lowest BCUT2D eigenvalue weighted by Gasteiger charge is -2.35. The SMILES string of the molecule is Cc1ccc(-n2cnnc2)c(C(=O)N2CCN(c3ncccc3F)CC2)c1. The van der Waals surface area contributed by atoms with Crippen molar-refractivity contribution in [1.29, 1.82) is 0 Å². The summed E-state index contributed by atoms with van der Waals surface area (Å²) in [6.07, 6.45) is 4.72. The highest BCUT2D eigenvalue weighted by Crippen LogP contribution is 2.21. The van der Waals surface area contributed by atoms with Gasteiger partial charge in [0, 0.05) is 32.4 Å². The molecule has 1 aliphatic heterocycles. The van der Waals surface area contributed by atoms with Crippen LogP contribution in [-0.4, -0.2) is 56.7 Å². The Kier molecular flexibility index (Phi) is 4.53. The molecular formula is C19H19FN6O. The summed E-state index contributed by atoms with van der Waals surface area (Å²) in [7, 11) is 0. The van der Waals surface area contributed by atoms with E-state index in [0.29, 0.717) is 37.6 Å². The molecule has 0 spiro atoms. The molecule has 138 valence electrons. The second-order valence-corrected chi connectivity index (χ2v) is 6.48. The minimum absolute atomic E-state index is 0.0523. The van der Waals surface area contributed by atoms with Crippen LogP contribution in [0.3, 0.4) is 0 Å². The molecule has 1 amide bonds. The first kappa shape index (κ1) is 17.1. The Morgan fingerprint density at radius 2 is 1.81 bits per heavy atom. The van der Waals surface area contributed by atoms with Crippen LogP contribution in [0.25, 0.3) is 5.69 Å². The van der Waals surface area contributed by atoms with Crippen LogP contribution >= 0.6 is 0 Å². The summed E-state index contributed by atoms with van der Waals surface area (Å²) in [4.78, 5) is 20.9. The van der Waals surface area contributed by atoms with E-state index in [-0.39, 0.29) is 11.7 Å². The fraction of sp³-hybridized carbons (Fsp3) is 0.263. The molecule has 0 bridgehead atoms. The molecule has 1 aliphatic rings. The number of carbonyl (C=O) groups excluding carboxylic acids is 1. The van der Waals surface area contributed by atoms with Crippen LogP contribution in [0.4, 0.5) is 10.2 Å². The summed E-state index contributed by atoms with van der Waals surface area (Å²) in [5.74, 6) is -0.0558. The number of hydrogen-bond donors (Lipinski definition) is 0. The number of amides is 1. The molecule has 1 saturated heterocycles. The van der Waals surface area contributed by atoms with E-state index in [1.165, 1.54) is 6.07 Å². The van der Waals surface area contributed by atoms with Gasteiger partial charge in [0.15, 0.2) is 11.6 Å². The molecule has 3 heterocycles. The van der Waals surface area contributed by atoms with E-state index in [0.717, 1.165) is 11.3 Å². The van der Waals surface area contributed by atoms with Crippen LogP contribution in [-0.2, 0) is 0 Å². The van der Waals surface area contributed by atoms with Crippen LogP contribution in [0.1, 0.15) is 15.9 Å². The van der Waals surface area contributed by atoms with Gasteiger partial charge >= 0.3 is 0 Å². The Labute approximate surface area is 156 Å². The summed E-state index contributed by atoms with van der Waals surface area (Å²) in [5.41, 5.74) is 2.35. The molecule has 27 heavy (non-hydrogen) atoms. The fourth-order valence-electron chi connectivity index (χ4n) is 3.27. The Morgan fingerprint density at radius 3 is 2.52 bits per heavy atom. The van der Waals surface area contributed by atoms with Crippen molar-refractivity contribution < 1.29 is 9.18 Å². The molecule has 2 aromatic heterocycles. The van der Waals surface area contributed by atoms with Gasteiger partial charge in [-0.05, 0) is 31.2 Å². The van der Waals surface area contributed by atoms with Gasteiger partial charge in [0.05, 0.1) is 11.3 Å². The smallest absolute Gasteiger partial charge is 0.256 e. The summed E-state index contributed by atoms with van der Waals surface area (Å²) >= 11 is 0. The van der Waals surface area contributed by atoms with Gasteiger partial charge in [-0.15, -0.1) is 10.2 Å². The molecule has 1 fully saturated rings. The van der Waals surface area contributed by atoms with Gasteiger partial charge in [-0.25, -0.2) is 9.37 Å². The number of piperazine rings is 1. The number of pyridine rings is 1. The minimum Gasteiger partial charge on any atom is -0.351 e. The average Bonchev–Trinajstić information content (AvgIpc) is 3.22. The second kappa shape index (κ2) is 7.14. The highest BCUT2D eigenvalue weighted by molar-refractivity contribution is 5.98. The number of aromatic nitrogens is 4. The average molecular weight is 366 g/mol. The van der Waals surface area contributed by atoms with Gasteiger partial charge in [-0.1, -0.05) is 11.6 Å². The first-order chi connectivity index (χ1) is 13.1. The third-order valence-corrected chi connectivity index (χ3v) is 4.68. The Hall–Kier alpha value is -3.29. The largest absolute Gasteiger partial charge is 0.351 e. The molecule has 1 aromatic carbocycles. The van der Waals surface area contributed by atoms with Crippen molar-refractivity contribution in [3.8, 4) is 5.69 Å². The third kappa shape index (κ3) is 3.38. The van der Waals surface area contributed by atoms with E-state index in [1.54, 1.807) is 34.4 Å². The van der Waals surface area contributed by atoms with Gasteiger partial charge in [0.25, 0.3) is 5.91 Å². The molecule has 0 N–H and O–H groups in total. The topological polar surface area (TPSA) is 67.2 Å². The van der Waals surface area contributed by atoms with Crippen molar-refractivity contribution in [2.24, 2.45) is 0 Å². The number of halogens is 1. The van der Waals surface area contributed by atoms with Crippen LogP contribution in [0, 0.1) is 12.7 Å². The quantitative estimate of drug-likeness (QED) is 0.710. The highest BCUT2D eigenvalue weighted by Gasteiger charge is 2.26. The zero-order chi connectivity index (χ0) is 18.8. The summed E-state index contributed by atoms with van der Waals surface area (Å²) in [5, 5.41) is 7.65.